The monoisotopic (exact) mass is 399 g/mol. The zero-order chi connectivity index (χ0) is 19.9. The Bertz CT molecular complexity index is 832. The molecule has 1 saturated heterocycles. The second kappa shape index (κ2) is 9.71. The standard InChI is InChI=1S/C22H26ClN3O2/c1-17-5-2-3-8-20(17)22(28)24-10-9-21(27)26-13-11-25(12-14-26)16-18-6-4-7-19(23)15-18/h2-8,15H,9-14,16H2,1H3,(H,24,28). The van der Waals surface area contributed by atoms with Crippen molar-refractivity contribution in [2.24, 2.45) is 0 Å². The highest BCUT2D eigenvalue weighted by atomic mass is 35.5. The maximum atomic E-state index is 12.4. The lowest BCUT2D eigenvalue weighted by atomic mass is 10.1. The molecule has 2 aromatic carbocycles. The van der Waals surface area contributed by atoms with Gasteiger partial charge in [0.05, 0.1) is 0 Å². The van der Waals surface area contributed by atoms with Crippen molar-refractivity contribution in [3.05, 3.63) is 70.2 Å². The smallest absolute Gasteiger partial charge is 0.251 e. The van der Waals surface area contributed by atoms with Crippen LogP contribution in [-0.2, 0) is 11.3 Å². The maximum absolute atomic E-state index is 12.4. The van der Waals surface area contributed by atoms with Gasteiger partial charge in [0.2, 0.25) is 5.91 Å². The molecule has 0 unspecified atom stereocenters. The molecule has 1 aliphatic heterocycles. The molecular formula is C22H26ClN3O2. The Morgan fingerprint density at radius 3 is 2.50 bits per heavy atom. The number of benzene rings is 2. The van der Waals surface area contributed by atoms with E-state index < -0.39 is 0 Å². The first-order valence-corrected chi connectivity index (χ1v) is 9.99. The molecule has 2 aromatic rings. The van der Waals surface area contributed by atoms with Gasteiger partial charge in [0.1, 0.15) is 0 Å². The summed E-state index contributed by atoms with van der Waals surface area (Å²) in [6.45, 7) is 6.21. The highest BCUT2D eigenvalue weighted by Gasteiger charge is 2.21. The number of carbonyl (C=O) groups is 2. The zero-order valence-electron chi connectivity index (χ0n) is 16.2. The fourth-order valence-electron chi connectivity index (χ4n) is 3.41. The molecule has 1 heterocycles. The number of rotatable bonds is 6. The Morgan fingerprint density at radius 1 is 1.04 bits per heavy atom. The quantitative estimate of drug-likeness (QED) is 0.812. The summed E-state index contributed by atoms with van der Waals surface area (Å²) in [4.78, 5) is 28.9. The number of piperazine rings is 1. The van der Waals surface area contributed by atoms with Crippen molar-refractivity contribution in [2.45, 2.75) is 19.9 Å². The minimum Gasteiger partial charge on any atom is -0.352 e. The van der Waals surface area contributed by atoms with Crippen LogP contribution in [0.5, 0.6) is 0 Å². The maximum Gasteiger partial charge on any atom is 0.251 e. The first-order chi connectivity index (χ1) is 13.5. The summed E-state index contributed by atoms with van der Waals surface area (Å²) in [7, 11) is 0. The lowest BCUT2D eigenvalue weighted by Gasteiger charge is -2.34. The van der Waals surface area contributed by atoms with E-state index in [2.05, 4.69) is 16.3 Å². The fourth-order valence-corrected chi connectivity index (χ4v) is 3.63. The van der Waals surface area contributed by atoms with E-state index in [0.717, 1.165) is 30.2 Å². The van der Waals surface area contributed by atoms with E-state index >= 15 is 0 Å². The molecule has 0 spiro atoms. The topological polar surface area (TPSA) is 52.7 Å². The molecule has 1 N–H and O–H groups in total. The van der Waals surface area contributed by atoms with Crippen LogP contribution in [0, 0.1) is 6.92 Å². The molecule has 5 nitrogen and oxygen atoms in total. The Hall–Kier alpha value is -2.37. The van der Waals surface area contributed by atoms with Crippen LogP contribution in [0.4, 0.5) is 0 Å². The molecule has 0 aromatic heterocycles. The van der Waals surface area contributed by atoms with Gasteiger partial charge in [0.25, 0.3) is 5.91 Å². The Balaban J connectivity index is 1.39. The number of nitrogens with one attached hydrogen (secondary N) is 1. The van der Waals surface area contributed by atoms with E-state index in [1.54, 1.807) is 6.07 Å². The summed E-state index contributed by atoms with van der Waals surface area (Å²) in [6, 6.07) is 15.3. The van der Waals surface area contributed by atoms with Crippen LogP contribution in [0.15, 0.2) is 48.5 Å². The third kappa shape index (κ3) is 5.57. The summed E-state index contributed by atoms with van der Waals surface area (Å²) >= 11 is 6.04. The number of hydrogen-bond donors (Lipinski definition) is 1. The van der Waals surface area contributed by atoms with Gasteiger partial charge in [-0.05, 0) is 36.2 Å². The first kappa shape index (κ1) is 20.4. The van der Waals surface area contributed by atoms with E-state index in [1.165, 1.54) is 5.56 Å². The van der Waals surface area contributed by atoms with Crippen LogP contribution in [0.1, 0.15) is 27.9 Å². The second-order valence-electron chi connectivity index (χ2n) is 7.11. The van der Waals surface area contributed by atoms with Crippen molar-refractivity contribution in [1.82, 2.24) is 15.1 Å². The molecule has 28 heavy (non-hydrogen) atoms. The van der Waals surface area contributed by atoms with Crippen LogP contribution < -0.4 is 5.32 Å². The molecule has 0 bridgehead atoms. The lowest BCUT2D eigenvalue weighted by molar-refractivity contribution is -0.132. The average Bonchev–Trinajstić information content (AvgIpc) is 2.69. The molecule has 2 amide bonds. The number of amides is 2. The van der Waals surface area contributed by atoms with Gasteiger partial charge in [-0.2, -0.15) is 0 Å². The summed E-state index contributed by atoms with van der Waals surface area (Å²) in [5.41, 5.74) is 2.78. The number of halogens is 1. The SMILES string of the molecule is Cc1ccccc1C(=O)NCCC(=O)N1CCN(Cc2cccc(Cl)c2)CC1. The van der Waals surface area contributed by atoms with Gasteiger partial charge in [-0.25, -0.2) is 0 Å². The van der Waals surface area contributed by atoms with Crippen LogP contribution in [0.2, 0.25) is 5.02 Å². The number of carbonyl (C=O) groups excluding carboxylic acids is 2. The molecule has 1 aliphatic rings. The summed E-state index contributed by atoms with van der Waals surface area (Å²) < 4.78 is 0. The highest BCUT2D eigenvalue weighted by molar-refractivity contribution is 6.30. The van der Waals surface area contributed by atoms with Gasteiger partial charge in [0, 0.05) is 56.3 Å². The van der Waals surface area contributed by atoms with Crippen LogP contribution in [0.3, 0.4) is 0 Å². The minimum absolute atomic E-state index is 0.0903. The average molecular weight is 400 g/mol. The Kier molecular flexibility index (Phi) is 7.06. The number of nitrogens with zero attached hydrogens (tertiary/aromatic N) is 2. The second-order valence-corrected chi connectivity index (χ2v) is 7.54. The third-order valence-electron chi connectivity index (χ3n) is 5.03. The molecular weight excluding hydrogens is 374 g/mol. The first-order valence-electron chi connectivity index (χ1n) is 9.61. The molecule has 0 aliphatic carbocycles. The molecule has 3 rings (SSSR count). The molecule has 1 fully saturated rings. The van der Waals surface area contributed by atoms with Crippen LogP contribution >= 0.6 is 11.6 Å². The van der Waals surface area contributed by atoms with E-state index in [-0.39, 0.29) is 11.8 Å². The predicted octanol–water partition coefficient (Wildman–Crippen LogP) is 3.11. The van der Waals surface area contributed by atoms with Crippen molar-refractivity contribution in [3.63, 3.8) is 0 Å². The van der Waals surface area contributed by atoms with Gasteiger partial charge >= 0.3 is 0 Å². The van der Waals surface area contributed by atoms with Gasteiger partial charge in [-0.1, -0.05) is 41.9 Å². The van der Waals surface area contributed by atoms with Crippen molar-refractivity contribution < 1.29 is 9.59 Å². The van der Waals surface area contributed by atoms with Crippen LogP contribution in [0.25, 0.3) is 0 Å². The molecule has 0 saturated carbocycles. The Labute approximate surface area is 171 Å². The van der Waals surface area contributed by atoms with E-state index in [9.17, 15) is 9.59 Å². The number of aryl methyl sites for hydroxylation is 1. The lowest BCUT2D eigenvalue weighted by Crippen LogP contribution is -2.48. The fraction of sp³-hybridized carbons (Fsp3) is 0.364. The normalized spacial score (nSPS) is 14.7. The van der Waals surface area contributed by atoms with Gasteiger partial charge in [0.15, 0.2) is 0 Å². The predicted molar refractivity (Wildman–Crippen MR) is 111 cm³/mol. The molecule has 148 valence electrons. The largest absolute Gasteiger partial charge is 0.352 e. The van der Waals surface area contributed by atoms with Crippen molar-refractivity contribution in [2.75, 3.05) is 32.7 Å². The highest BCUT2D eigenvalue weighted by Crippen LogP contribution is 2.14. The minimum atomic E-state index is -0.128. The number of hydrogen-bond acceptors (Lipinski definition) is 3. The van der Waals surface area contributed by atoms with E-state index in [4.69, 9.17) is 11.6 Å². The summed E-state index contributed by atoms with van der Waals surface area (Å²) in [5.74, 6) is -0.0373. The summed E-state index contributed by atoms with van der Waals surface area (Å²) in [6.07, 6.45) is 0.325. The van der Waals surface area contributed by atoms with Crippen LogP contribution in [-0.4, -0.2) is 54.3 Å². The van der Waals surface area contributed by atoms with Gasteiger partial charge in [-0.3, -0.25) is 14.5 Å². The molecule has 0 radical (unpaired) electrons. The summed E-state index contributed by atoms with van der Waals surface area (Å²) in [5, 5.41) is 3.60. The zero-order valence-corrected chi connectivity index (χ0v) is 16.9. The van der Waals surface area contributed by atoms with E-state index in [1.807, 2.05) is 48.2 Å². The van der Waals surface area contributed by atoms with Gasteiger partial charge in [-0.15, -0.1) is 0 Å². The van der Waals surface area contributed by atoms with Crippen molar-refractivity contribution in [1.29, 1.82) is 0 Å². The third-order valence-corrected chi connectivity index (χ3v) is 5.27. The van der Waals surface area contributed by atoms with E-state index in [0.29, 0.717) is 31.6 Å². The Morgan fingerprint density at radius 2 is 1.79 bits per heavy atom. The van der Waals surface area contributed by atoms with Gasteiger partial charge < -0.3 is 10.2 Å². The van der Waals surface area contributed by atoms with Crippen molar-refractivity contribution in [3.8, 4) is 0 Å². The van der Waals surface area contributed by atoms with Crippen molar-refractivity contribution >= 4 is 23.4 Å². The molecule has 0 atom stereocenters. The molecule has 6 heteroatoms.